The maximum atomic E-state index is 11.5. The van der Waals surface area contributed by atoms with Gasteiger partial charge in [0.2, 0.25) is 0 Å². The van der Waals surface area contributed by atoms with Gasteiger partial charge in [-0.1, -0.05) is 84.5 Å². The van der Waals surface area contributed by atoms with Gasteiger partial charge in [-0.15, -0.1) is 0 Å². The molecule has 0 aliphatic heterocycles. The van der Waals surface area contributed by atoms with Gasteiger partial charge in [-0.2, -0.15) is 0 Å². The largest absolute Gasteiger partial charge is 0.463 e. The molecule has 25 heavy (non-hydrogen) atoms. The summed E-state index contributed by atoms with van der Waals surface area (Å²) in [6.45, 7) is 5.23. The van der Waals surface area contributed by atoms with Crippen molar-refractivity contribution in [3.63, 3.8) is 0 Å². The van der Waals surface area contributed by atoms with Crippen molar-refractivity contribution in [3.8, 4) is 0 Å². The highest BCUT2D eigenvalue weighted by Gasteiger charge is 2.01. The lowest BCUT2D eigenvalue weighted by Crippen LogP contribution is -2.06. The Kier molecular flexibility index (Phi) is 18.0. The van der Waals surface area contributed by atoms with Gasteiger partial charge in [0, 0.05) is 12.2 Å². The van der Waals surface area contributed by atoms with E-state index >= 15 is 0 Å². The molecule has 4 nitrogen and oxygen atoms in total. The summed E-state index contributed by atoms with van der Waals surface area (Å²) in [7, 11) is 0. The van der Waals surface area contributed by atoms with Crippen molar-refractivity contribution in [3.05, 3.63) is 12.2 Å². The Morgan fingerprint density at radius 2 is 0.880 bits per heavy atom. The minimum atomic E-state index is -0.471. The van der Waals surface area contributed by atoms with Gasteiger partial charge in [0.15, 0.2) is 0 Å². The maximum absolute atomic E-state index is 11.5. The Balaban J connectivity index is 3.46. The fourth-order valence-corrected chi connectivity index (χ4v) is 2.52. The molecular formula is C21H38O4. The highest BCUT2D eigenvalue weighted by atomic mass is 16.5. The van der Waals surface area contributed by atoms with Crippen molar-refractivity contribution in [1.29, 1.82) is 0 Å². The molecule has 0 N–H and O–H groups in total. The van der Waals surface area contributed by atoms with Crippen LogP contribution < -0.4 is 0 Å². The summed E-state index contributed by atoms with van der Waals surface area (Å²) in [5.74, 6) is -0.941. The quantitative estimate of drug-likeness (QED) is 0.190. The van der Waals surface area contributed by atoms with Crippen LogP contribution in [0.25, 0.3) is 0 Å². The van der Waals surface area contributed by atoms with E-state index in [-0.39, 0.29) is 0 Å². The zero-order chi connectivity index (χ0) is 18.6. The Bertz CT molecular complexity index is 350. The first-order valence-corrected chi connectivity index (χ1v) is 10.2. The van der Waals surface area contributed by atoms with Gasteiger partial charge in [-0.25, -0.2) is 9.59 Å². The number of hydrogen-bond donors (Lipinski definition) is 0. The van der Waals surface area contributed by atoms with E-state index < -0.39 is 11.9 Å². The molecule has 0 amide bonds. The summed E-state index contributed by atoms with van der Waals surface area (Å²) in [6, 6.07) is 0. The van der Waals surface area contributed by atoms with E-state index in [1.165, 1.54) is 57.8 Å². The molecule has 0 bridgehead atoms. The molecule has 0 saturated heterocycles. The molecule has 4 heteroatoms. The normalized spacial score (nSPS) is 11.0. The van der Waals surface area contributed by atoms with Gasteiger partial charge in [0.1, 0.15) is 0 Å². The van der Waals surface area contributed by atoms with E-state index in [1.807, 2.05) is 0 Å². The summed E-state index contributed by atoms with van der Waals surface area (Å²) < 4.78 is 10.1. The fourth-order valence-electron chi connectivity index (χ4n) is 2.52. The third-order valence-electron chi connectivity index (χ3n) is 4.09. The zero-order valence-electron chi connectivity index (χ0n) is 16.4. The summed E-state index contributed by atoms with van der Waals surface area (Å²) >= 11 is 0. The molecule has 0 unspecified atom stereocenters. The van der Waals surface area contributed by atoms with E-state index in [4.69, 9.17) is 9.47 Å². The lowest BCUT2D eigenvalue weighted by molar-refractivity contribution is -0.140. The van der Waals surface area contributed by atoms with Gasteiger partial charge < -0.3 is 9.47 Å². The molecule has 0 aliphatic carbocycles. The van der Waals surface area contributed by atoms with Crippen LogP contribution in [0, 0.1) is 0 Å². The third kappa shape index (κ3) is 18.9. The Morgan fingerprint density at radius 3 is 1.24 bits per heavy atom. The smallest absolute Gasteiger partial charge is 0.331 e. The molecule has 0 rings (SSSR count). The maximum Gasteiger partial charge on any atom is 0.331 e. The zero-order valence-corrected chi connectivity index (χ0v) is 16.4. The number of carbonyl (C=O) groups excluding carboxylic acids is 2. The second-order valence-electron chi connectivity index (χ2n) is 6.56. The number of esters is 2. The van der Waals surface area contributed by atoms with Crippen LogP contribution in [0.5, 0.6) is 0 Å². The Hall–Kier alpha value is -1.32. The van der Waals surface area contributed by atoms with Gasteiger partial charge >= 0.3 is 11.9 Å². The molecule has 0 fully saturated rings. The van der Waals surface area contributed by atoms with Crippen LogP contribution in [-0.2, 0) is 19.1 Å². The molecule has 0 aromatic rings. The van der Waals surface area contributed by atoms with Gasteiger partial charge in [-0.3, -0.25) is 0 Å². The molecule has 0 aliphatic rings. The SMILES string of the molecule is CCCCCCCCCOC(=O)/C=C/C(=O)OCCCCCCCC. The summed E-state index contributed by atoms with van der Waals surface area (Å²) in [4.78, 5) is 22.9. The number of unbranched alkanes of at least 4 members (excludes halogenated alkanes) is 11. The average Bonchev–Trinajstić information content (AvgIpc) is 2.61. The van der Waals surface area contributed by atoms with Crippen molar-refractivity contribution >= 4 is 11.9 Å². The molecule has 0 aromatic heterocycles. The monoisotopic (exact) mass is 354 g/mol. The molecule has 146 valence electrons. The number of ether oxygens (including phenoxy) is 2. The van der Waals surface area contributed by atoms with E-state index in [2.05, 4.69) is 13.8 Å². The second kappa shape index (κ2) is 19.0. The van der Waals surface area contributed by atoms with Crippen LogP contribution in [0.1, 0.15) is 97.3 Å². The summed E-state index contributed by atoms with van der Waals surface area (Å²) in [5.41, 5.74) is 0. The van der Waals surface area contributed by atoms with Crippen molar-refractivity contribution in [1.82, 2.24) is 0 Å². The third-order valence-corrected chi connectivity index (χ3v) is 4.09. The van der Waals surface area contributed by atoms with Crippen LogP contribution in [0.2, 0.25) is 0 Å². The lowest BCUT2D eigenvalue weighted by Gasteiger charge is -2.03. The first-order valence-electron chi connectivity index (χ1n) is 10.2. The van der Waals surface area contributed by atoms with E-state index in [0.717, 1.165) is 37.8 Å². The highest BCUT2D eigenvalue weighted by Crippen LogP contribution is 2.07. The van der Waals surface area contributed by atoms with Crippen molar-refractivity contribution < 1.29 is 19.1 Å². The number of carbonyl (C=O) groups is 2. The van der Waals surface area contributed by atoms with Crippen molar-refractivity contribution in [2.24, 2.45) is 0 Å². The molecule has 0 heterocycles. The predicted molar refractivity (Wildman–Crippen MR) is 102 cm³/mol. The first kappa shape index (κ1) is 23.7. The van der Waals surface area contributed by atoms with Gasteiger partial charge in [-0.05, 0) is 12.8 Å². The van der Waals surface area contributed by atoms with Crippen molar-refractivity contribution in [2.75, 3.05) is 13.2 Å². The number of rotatable bonds is 17. The van der Waals surface area contributed by atoms with Crippen LogP contribution >= 0.6 is 0 Å². The predicted octanol–water partition coefficient (Wildman–Crippen LogP) is 5.74. The van der Waals surface area contributed by atoms with Crippen LogP contribution in [0.15, 0.2) is 12.2 Å². The molecule has 0 radical (unpaired) electrons. The number of hydrogen-bond acceptors (Lipinski definition) is 4. The molecular weight excluding hydrogens is 316 g/mol. The van der Waals surface area contributed by atoms with Crippen LogP contribution in [0.4, 0.5) is 0 Å². The summed E-state index contributed by atoms with van der Waals surface area (Å²) in [6.07, 6.45) is 17.5. The van der Waals surface area contributed by atoms with Crippen LogP contribution in [0.3, 0.4) is 0 Å². The molecule has 0 aromatic carbocycles. The van der Waals surface area contributed by atoms with E-state index in [1.54, 1.807) is 0 Å². The van der Waals surface area contributed by atoms with E-state index in [0.29, 0.717) is 13.2 Å². The van der Waals surface area contributed by atoms with Gasteiger partial charge in [0.05, 0.1) is 13.2 Å². The molecule has 0 saturated carbocycles. The lowest BCUT2D eigenvalue weighted by atomic mass is 10.1. The van der Waals surface area contributed by atoms with E-state index in [9.17, 15) is 9.59 Å². The fraction of sp³-hybridized carbons (Fsp3) is 0.810. The summed E-state index contributed by atoms with van der Waals surface area (Å²) in [5, 5.41) is 0. The second-order valence-corrected chi connectivity index (χ2v) is 6.56. The van der Waals surface area contributed by atoms with Crippen LogP contribution in [-0.4, -0.2) is 25.2 Å². The minimum Gasteiger partial charge on any atom is -0.463 e. The minimum absolute atomic E-state index is 0.419. The van der Waals surface area contributed by atoms with Crippen molar-refractivity contribution in [2.45, 2.75) is 97.3 Å². The highest BCUT2D eigenvalue weighted by molar-refractivity contribution is 5.91. The topological polar surface area (TPSA) is 52.6 Å². The average molecular weight is 355 g/mol. The molecule has 0 atom stereocenters. The standard InChI is InChI=1S/C21H38O4/c1-3-5-7-9-11-13-15-19-25-21(23)17-16-20(22)24-18-14-12-10-8-6-4-2/h16-17H,3-15,18-19H2,1-2H3/b17-16+. The molecule has 0 spiro atoms. The first-order chi connectivity index (χ1) is 12.2. The Morgan fingerprint density at radius 1 is 0.560 bits per heavy atom. The van der Waals surface area contributed by atoms with Gasteiger partial charge in [0.25, 0.3) is 0 Å². The Labute approximate surface area is 154 Å².